The summed E-state index contributed by atoms with van der Waals surface area (Å²) < 4.78 is 31.5. The van der Waals surface area contributed by atoms with Gasteiger partial charge in [-0.25, -0.2) is 13.2 Å². The molecule has 1 amide bonds. The van der Waals surface area contributed by atoms with Crippen LogP contribution in [-0.4, -0.2) is 70.5 Å². The van der Waals surface area contributed by atoms with Gasteiger partial charge >= 0.3 is 5.97 Å². The van der Waals surface area contributed by atoms with E-state index in [0.717, 1.165) is 4.90 Å². The third kappa shape index (κ3) is 6.02. The molecule has 1 aliphatic rings. The number of hydrogen-bond acceptors (Lipinski definition) is 5. The van der Waals surface area contributed by atoms with Crippen LogP contribution in [0, 0.1) is 5.92 Å². The molecule has 1 atom stereocenters. The van der Waals surface area contributed by atoms with Crippen LogP contribution in [0.25, 0.3) is 0 Å². The highest BCUT2D eigenvalue weighted by Crippen LogP contribution is 2.14. The predicted molar refractivity (Wildman–Crippen MR) is 104 cm³/mol. The predicted octanol–water partition coefficient (Wildman–Crippen LogP) is -0.720. The summed E-state index contributed by atoms with van der Waals surface area (Å²) in [5.41, 5.74) is 0. The Hall–Kier alpha value is -1.97. The number of carbonyl (C=O) groups excluding carboxylic acids is 2. The molecule has 0 saturated carbocycles. The van der Waals surface area contributed by atoms with Crippen molar-refractivity contribution in [3.63, 3.8) is 0 Å². The minimum Gasteiger partial charge on any atom is -0.467 e. The number of ether oxygens (including phenoxy) is 1. The quantitative estimate of drug-likeness (QED) is 0.550. The fraction of sp³-hybridized carbons (Fsp3) is 0.579. The number of nitrogens with one attached hydrogen (secondary N) is 2. The van der Waals surface area contributed by atoms with Crippen LogP contribution in [0.1, 0.15) is 20.3 Å². The number of nitrogens with zero attached hydrogens (tertiary/aromatic N) is 1. The van der Waals surface area contributed by atoms with Gasteiger partial charge in [-0.15, -0.1) is 0 Å². The van der Waals surface area contributed by atoms with E-state index in [-0.39, 0.29) is 23.3 Å². The van der Waals surface area contributed by atoms with Crippen LogP contribution < -0.4 is 10.2 Å². The van der Waals surface area contributed by atoms with Gasteiger partial charge in [0.05, 0.1) is 38.2 Å². The van der Waals surface area contributed by atoms with Crippen LogP contribution in [0.15, 0.2) is 35.2 Å². The Morgan fingerprint density at radius 3 is 2.32 bits per heavy atom. The molecule has 0 unspecified atom stereocenters. The van der Waals surface area contributed by atoms with E-state index >= 15 is 0 Å². The van der Waals surface area contributed by atoms with E-state index < -0.39 is 22.0 Å². The first-order valence-electron chi connectivity index (χ1n) is 9.50. The highest BCUT2D eigenvalue weighted by atomic mass is 32.2. The fourth-order valence-electron chi connectivity index (χ4n) is 3.26. The summed E-state index contributed by atoms with van der Waals surface area (Å²) in [7, 11) is -2.20. The zero-order chi connectivity index (χ0) is 20.7. The molecule has 8 nitrogen and oxygen atoms in total. The standard InChI is InChI=1S/C19H29N3O5S/c1-15(2)13-17(19(24)27-3)20-18(23)14-21-9-11-22(12-10-21)28(25,26)16-7-5-4-6-8-16/h4-8,15,17H,9-14H2,1-3H3,(H,20,23)/p+1/t17-/m1/s1. The molecule has 156 valence electrons. The maximum absolute atomic E-state index is 12.7. The van der Waals surface area contributed by atoms with Gasteiger partial charge in [0.2, 0.25) is 10.0 Å². The molecular weight excluding hydrogens is 382 g/mol. The van der Waals surface area contributed by atoms with Gasteiger partial charge in [0.15, 0.2) is 6.54 Å². The van der Waals surface area contributed by atoms with Gasteiger partial charge in [-0.1, -0.05) is 32.0 Å². The van der Waals surface area contributed by atoms with Gasteiger partial charge < -0.3 is 15.0 Å². The summed E-state index contributed by atoms with van der Waals surface area (Å²) >= 11 is 0. The van der Waals surface area contributed by atoms with E-state index in [0.29, 0.717) is 32.6 Å². The maximum atomic E-state index is 12.7. The van der Waals surface area contributed by atoms with E-state index in [1.54, 1.807) is 30.3 Å². The van der Waals surface area contributed by atoms with Crippen molar-refractivity contribution in [2.75, 3.05) is 39.8 Å². The van der Waals surface area contributed by atoms with E-state index in [9.17, 15) is 18.0 Å². The van der Waals surface area contributed by atoms with E-state index in [1.165, 1.54) is 11.4 Å². The SMILES string of the molecule is COC(=O)[C@@H](CC(C)C)NC(=O)C[NH+]1CCN(S(=O)(=O)c2ccccc2)CC1. The summed E-state index contributed by atoms with van der Waals surface area (Å²) in [5, 5.41) is 2.75. The second-order valence-corrected chi connectivity index (χ2v) is 9.35. The normalized spacial score (nSPS) is 17.3. The maximum Gasteiger partial charge on any atom is 0.328 e. The number of hydrogen-bond donors (Lipinski definition) is 2. The molecule has 0 radical (unpaired) electrons. The lowest BCUT2D eigenvalue weighted by molar-refractivity contribution is -0.895. The monoisotopic (exact) mass is 412 g/mol. The number of rotatable bonds is 8. The molecular formula is C19H30N3O5S+. The van der Waals surface area contributed by atoms with Gasteiger partial charge in [0, 0.05) is 0 Å². The number of benzene rings is 1. The first-order chi connectivity index (χ1) is 13.2. The largest absolute Gasteiger partial charge is 0.467 e. The molecule has 1 saturated heterocycles. The minimum absolute atomic E-state index is 0.199. The minimum atomic E-state index is -3.50. The van der Waals surface area contributed by atoms with Crippen molar-refractivity contribution in [3.8, 4) is 0 Å². The second-order valence-electron chi connectivity index (χ2n) is 7.42. The molecule has 28 heavy (non-hydrogen) atoms. The van der Waals surface area contributed by atoms with Crippen molar-refractivity contribution in [3.05, 3.63) is 30.3 Å². The molecule has 0 aliphatic carbocycles. The van der Waals surface area contributed by atoms with Gasteiger partial charge in [0.1, 0.15) is 6.04 Å². The molecule has 0 bridgehead atoms. The van der Waals surface area contributed by atoms with Crippen molar-refractivity contribution < 1.29 is 27.6 Å². The molecule has 0 aromatic heterocycles. The van der Waals surface area contributed by atoms with Crippen LogP contribution >= 0.6 is 0 Å². The van der Waals surface area contributed by atoms with Crippen molar-refractivity contribution >= 4 is 21.9 Å². The van der Waals surface area contributed by atoms with Crippen LogP contribution in [0.4, 0.5) is 0 Å². The molecule has 1 aromatic carbocycles. The number of carbonyl (C=O) groups is 2. The second kappa shape index (κ2) is 9.99. The third-order valence-electron chi connectivity index (χ3n) is 4.75. The Bertz CT molecular complexity index is 759. The molecule has 1 aromatic rings. The lowest BCUT2D eigenvalue weighted by Gasteiger charge is -2.31. The molecule has 1 aliphatic heterocycles. The van der Waals surface area contributed by atoms with E-state index in [4.69, 9.17) is 4.74 Å². The third-order valence-corrected chi connectivity index (χ3v) is 6.66. The van der Waals surface area contributed by atoms with Crippen molar-refractivity contribution in [1.29, 1.82) is 0 Å². The number of esters is 1. The van der Waals surface area contributed by atoms with Gasteiger partial charge in [-0.05, 0) is 24.5 Å². The van der Waals surface area contributed by atoms with Crippen molar-refractivity contribution in [2.24, 2.45) is 5.92 Å². The Morgan fingerprint density at radius 2 is 1.79 bits per heavy atom. The number of quaternary nitrogens is 1. The number of amides is 1. The Balaban J connectivity index is 1.88. The summed E-state index contributed by atoms with van der Waals surface area (Å²) in [5.74, 6) is -0.440. The van der Waals surface area contributed by atoms with Gasteiger partial charge in [-0.3, -0.25) is 4.79 Å². The Morgan fingerprint density at radius 1 is 1.18 bits per heavy atom. The smallest absolute Gasteiger partial charge is 0.328 e. The average molecular weight is 413 g/mol. The molecule has 9 heteroatoms. The zero-order valence-corrected chi connectivity index (χ0v) is 17.5. The van der Waals surface area contributed by atoms with Crippen LogP contribution in [-0.2, 0) is 24.3 Å². The molecule has 1 fully saturated rings. The van der Waals surface area contributed by atoms with Crippen LogP contribution in [0.3, 0.4) is 0 Å². The summed E-state index contributed by atoms with van der Waals surface area (Å²) in [6.45, 7) is 5.92. The average Bonchev–Trinajstić information content (AvgIpc) is 2.67. The van der Waals surface area contributed by atoms with Crippen LogP contribution in [0.2, 0.25) is 0 Å². The molecule has 2 N–H and O–H groups in total. The molecule has 0 spiro atoms. The lowest BCUT2D eigenvalue weighted by atomic mass is 10.0. The topological polar surface area (TPSA) is 97.2 Å². The van der Waals surface area contributed by atoms with E-state index in [1.807, 2.05) is 13.8 Å². The first-order valence-corrected chi connectivity index (χ1v) is 10.9. The molecule has 1 heterocycles. The molecule has 2 rings (SSSR count). The summed E-state index contributed by atoms with van der Waals surface area (Å²) in [6.07, 6.45) is 0.511. The number of sulfonamides is 1. The number of methoxy groups -OCH3 is 1. The van der Waals surface area contributed by atoms with Gasteiger partial charge in [-0.2, -0.15) is 4.31 Å². The summed E-state index contributed by atoms with van der Waals surface area (Å²) in [4.78, 5) is 25.5. The van der Waals surface area contributed by atoms with Crippen molar-refractivity contribution in [1.82, 2.24) is 9.62 Å². The van der Waals surface area contributed by atoms with Gasteiger partial charge in [0.25, 0.3) is 5.91 Å². The van der Waals surface area contributed by atoms with Crippen LogP contribution in [0.5, 0.6) is 0 Å². The first kappa shape index (κ1) is 22.3. The highest BCUT2D eigenvalue weighted by molar-refractivity contribution is 7.89. The summed E-state index contributed by atoms with van der Waals surface area (Å²) in [6, 6.07) is 7.70. The van der Waals surface area contributed by atoms with Crippen molar-refractivity contribution in [2.45, 2.75) is 31.2 Å². The van der Waals surface area contributed by atoms with E-state index in [2.05, 4.69) is 5.32 Å². The highest BCUT2D eigenvalue weighted by Gasteiger charge is 2.31. The Labute approximate surface area is 166 Å². The lowest BCUT2D eigenvalue weighted by Crippen LogP contribution is -3.15. The fourth-order valence-corrected chi connectivity index (χ4v) is 4.72. The zero-order valence-electron chi connectivity index (χ0n) is 16.7. The number of piperazine rings is 1. The Kier molecular flexibility index (Phi) is 7.97.